The van der Waals surface area contributed by atoms with Gasteiger partial charge in [0.1, 0.15) is 34.4 Å². The first-order valence-corrected chi connectivity index (χ1v) is 11.6. The summed E-state index contributed by atoms with van der Waals surface area (Å²) < 4.78 is 22.7. The Balaban J connectivity index is 1.70. The summed E-state index contributed by atoms with van der Waals surface area (Å²) in [6, 6.07) is 22.8. The molecule has 7 nitrogen and oxygen atoms in total. The van der Waals surface area contributed by atoms with E-state index in [1.165, 1.54) is 0 Å². The number of anilines is 1. The molecule has 1 aliphatic rings. The van der Waals surface area contributed by atoms with Crippen LogP contribution in [0.3, 0.4) is 0 Å². The molecule has 184 valence electrons. The van der Waals surface area contributed by atoms with Crippen molar-refractivity contribution in [1.82, 2.24) is 0 Å². The van der Waals surface area contributed by atoms with E-state index in [9.17, 15) is 5.11 Å². The second-order valence-electron chi connectivity index (χ2n) is 8.41. The quantitative estimate of drug-likeness (QED) is 0.350. The van der Waals surface area contributed by atoms with E-state index in [0.717, 1.165) is 27.7 Å². The topological polar surface area (TPSA) is 72.8 Å². The molecule has 1 aliphatic heterocycles. The zero-order valence-corrected chi connectivity index (χ0v) is 20.7. The van der Waals surface area contributed by atoms with Crippen molar-refractivity contribution in [1.29, 1.82) is 0 Å². The summed E-state index contributed by atoms with van der Waals surface area (Å²) in [6.07, 6.45) is 0.503. The molecule has 1 atom stereocenters. The second-order valence-corrected chi connectivity index (χ2v) is 8.41. The molecule has 1 unspecified atom stereocenters. The van der Waals surface area contributed by atoms with Crippen molar-refractivity contribution in [2.75, 3.05) is 33.4 Å². The molecule has 0 spiro atoms. The number of phenolic OH excluding ortho intramolecular Hbond substituents is 1. The van der Waals surface area contributed by atoms with E-state index in [1.807, 2.05) is 77.8 Å². The Labute approximate surface area is 210 Å². The molecule has 0 saturated heterocycles. The molecule has 0 radical (unpaired) electrons. The molecule has 36 heavy (non-hydrogen) atoms. The van der Waals surface area contributed by atoms with E-state index >= 15 is 0 Å². The number of hydrazone groups is 1. The lowest BCUT2D eigenvalue weighted by Gasteiger charge is -2.28. The summed E-state index contributed by atoms with van der Waals surface area (Å²) in [5, 5.41) is 19.9. The third-order valence-electron chi connectivity index (χ3n) is 6.54. The Morgan fingerprint density at radius 3 is 2.14 bits per heavy atom. The van der Waals surface area contributed by atoms with E-state index < -0.39 is 0 Å². The van der Waals surface area contributed by atoms with Gasteiger partial charge in [0.25, 0.3) is 0 Å². The standard InChI is InChI=1S/C29H28N2O5/c1-33-19-15-26(35-3)28(27(16-19)36-4)24-17-22(30-31(24)23-11-7-8-12-25(23)34-2)21-14-13-18-9-5-6-10-20(18)29(21)32/h5-16,24,32H,17H2,1-4H3. The van der Waals surface area contributed by atoms with Gasteiger partial charge in [0, 0.05) is 29.5 Å². The highest BCUT2D eigenvalue weighted by atomic mass is 16.5. The first kappa shape index (κ1) is 23.4. The molecular weight excluding hydrogens is 456 g/mol. The minimum absolute atomic E-state index is 0.209. The Morgan fingerprint density at radius 1 is 0.778 bits per heavy atom. The van der Waals surface area contributed by atoms with Crippen LogP contribution in [0.1, 0.15) is 23.6 Å². The number of aromatic hydroxyl groups is 1. The molecule has 0 aromatic heterocycles. The molecule has 0 amide bonds. The predicted molar refractivity (Wildman–Crippen MR) is 141 cm³/mol. The number of para-hydroxylation sites is 2. The molecule has 4 aromatic rings. The fourth-order valence-corrected chi connectivity index (χ4v) is 4.79. The second kappa shape index (κ2) is 9.70. The van der Waals surface area contributed by atoms with Crippen LogP contribution in [0.2, 0.25) is 0 Å². The highest BCUT2D eigenvalue weighted by molar-refractivity contribution is 6.09. The highest BCUT2D eigenvalue weighted by Crippen LogP contribution is 2.48. The number of methoxy groups -OCH3 is 4. The van der Waals surface area contributed by atoms with E-state index in [-0.39, 0.29) is 11.8 Å². The molecule has 0 aliphatic carbocycles. The van der Waals surface area contributed by atoms with Crippen LogP contribution in [0.5, 0.6) is 28.7 Å². The number of phenols is 1. The van der Waals surface area contributed by atoms with Crippen molar-refractivity contribution in [3.05, 3.63) is 83.9 Å². The Hall–Kier alpha value is -4.39. The molecule has 0 saturated carbocycles. The van der Waals surface area contributed by atoms with Gasteiger partial charge < -0.3 is 24.1 Å². The number of rotatable bonds is 7. The predicted octanol–water partition coefficient (Wildman–Crippen LogP) is 5.94. The van der Waals surface area contributed by atoms with Gasteiger partial charge in [-0.05, 0) is 23.6 Å². The van der Waals surface area contributed by atoms with Crippen LogP contribution in [-0.2, 0) is 0 Å². The lowest BCUT2D eigenvalue weighted by Crippen LogP contribution is -2.20. The van der Waals surface area contributed by atoms with Crippen LogP contribution in [0.25, 0.3) is 10.8 Å². The molecule has 7 heteroatoms. The van der Waals surface area contributed by atoms with Gasteiger partial charge in [-0.25, -0.2) is 0 Å². The third-order valence-corrected chi connectivity index (χ3v) is 6.54. The fraction of sp³-hybridized carbons (Fsp3) is 0.207. The van der Waals surface area contributed by atoms with Crippen LogP contribution < -0.4 is 24.0 Å². The van der Waals surface area contributed by atoms with Crippen molar-refractivity contribution in [2.24, 2.45) is 5.10 Å². The zero-order valence-electron chi connectivity index (χ0n) is 20.7. The molecule has 1 N–H and O–H groups in total. The van der Waals surface area contributed by atoms with Crippen molar-refractivity contribution in [2.45, 2.75) is 12.5 Å². The van der Waals surface area contributed by atoms with E-state index in [1.54, 1.807) is 28.4 Å². The Bertz CT molecular complexity index is 1420. The third kappa shape index (κ3) is 3.92. The first-order valence-electron chi connectivity index (χ1n) is 11.6. The summed E-state index contributed by atoms with van der Waals surface area (Å²) in [7, 11) is 6.49. The molecular formula is C29H28N2O5. The van der Waals surface area contributed by atoms with Gasteiger partial charge in [0.05, 0.1) is 45.8 Å². The summed E-state index contributed by atoms with van der Waals surface area (Å²) in [6.45, 7) is 0. The molecule has 5 rings (SSSR count). The van der Waals surface area contributed by atoms with Gasteiger partial charge in [0.2, 0.25) is 0 Å². The molecule has 0 bridgehead atoms. The van der Waals surface area contributed by atoms with Crippen molar-refractivity contribution in [3.63, 3.8) is 0 Å². The van der Waals surface area contributed by atoms with Crippen LogP contribution >= 0.6 is 0 Å². The van der Waals surface area contributed by atoms with Crippen molar-refractivity contribution < 1.29 is 24.1 Å². The zero-order chi connectivity index (χ0) is 25.2. The maximum Gasteiger partial charge on any atom is 0.144 e. The van der Waals surface area contributed by atoms with Gasteiger partial charge in [0.15, 0.2) is 0 Å². The average Bonchev–Trinajstić information content (AvgIpc) is 3.36. The van der Waals surface area contributed by atoms with Crippen LogP contribution in [0.15, 0.2) is 77.9 Å². The van der Waals surface area contributed by atoms with E-state index in [2.05, 4.69) is 0 Å². The number of hydrogen-bond acceptors (Lipinski definition) is 7. The Kier molecular flexibility index (Phi) is 6.29. The van der Waals surface area contributed by atoms with Crippen molar-refractivity contribution in [3.8, 4) is 28.7 Å². The minimum Gasteiger partial charge on any atom is -0.507 e. The number of benzene rings is 4. The number of nitrogens with zero attached hydrogens (tertiary/aromatic N) is 2. The SMILES string of the molecule is COc1cc(OC)c(C2CC(c3ccc4ccccc4c3O)=NN2c2ccccc2OC)c(OC)c1. The van der Waals surface area contributed by atoms with Crippen LogP contribution in [0, 0.1) is 0 Å². The van der Waals surface area contributed by atoms with E-state index in [4.69, 9.17) is 24.0 Å². The Morgan fingerprint density at radius 2 is 1.44 bits per heavy atom. The summed E-state index contributed by atoms with van der Waals surface area (Å²) in [5.41, 5.74) is 3.04. The molecule has 1 heterocycles. The number of hydrogen-bond donors (Lipinski definition) is 1. The summed E-state index contributed by atoms with van der Waals surface area (Å²) >= 11 is 0. The van der Waals surface area contributed by atoms with Crippen molar-refractivity contribution >= 4 is 22.2 Å². The number of ether oxygens (including phenoxy) is 4. The lowest BCUT2D eigenvalue weighted by atomic mass is 9.94. The fourth-order valence-electron chi connectivity index (χ4n) is 4.79. The van der Waals surface area contributed by atoms with Gasteiger partial charge in [-0.1, -0.05) is 42.5 Å². The maximum absolute atomic E-state index is 11.2. The van der Waals surface area contributed by atoms with Crippen LogP contribution in [0.4, 0.5) is 5.69 Å². The van der Waals surface area contributed by atoms with Gasteiger partial charge in [-0.15, -0.1) is 0 Å². The molecule has 4 aromatic carbocycles. The van der Waals surface area contributed by atoms with Crippen LogP contribution in [-0.4, -0.2) is 39.3 Å². The minimum atomic E-state index is -0.294. The van der Waals surface area contributed by atoms with Gasteiger partial charge >= 0.3 is 0 Å². The number of fused-ring (bicyclic) bond motifs is 1. The lowest BCUT2D eigenvalue weighted by molar-refractivity contribution is 0.363. The normalized spacial score (nSPS) is 15.1. The summed E-state index contributed by atoms with van der Waals surface area (Å²) in [4.78, 5) is 0. The average molecular weight is 485 g/mol. The maximum atomic E-state index is 11.2. The highest BCUT2D eigenvalue weighted by Gasteiger charge is 2.36. The van der Waals surface area contributed by atoms with Gasteiger partial charge in [-0.2, -0.15) is 5.10 Å². The molecule has 0 fully saturated rings. The van der Waals surface area contributed by atoms with E-state index in [0.29, 0.717) is 35.0 Å². The largest absolute Gasteiger partial charge is 0.507 e. The first-order chi connectivity index (χ1) is 17.6. The van der Waals surface area contributed by atoms with Gasteiger partial charge in [-0.3, -0.25) is 5.01 Å². The smallest absolute Gasteiger partial charge is 0.144 e. The summed E-state index contributed by atoms with van der Waals surface area (Å²) in [5.74, 6) is 2.76. The monoisotopic (exact) mass is 484 g/mol.